The van der Waals surface area contributed by atoms with Crippen LogP contribution in [0.25, 0.3) is 0 Å². The summed E-state index contributed by atoms with van der Waals surface area (Å²) < 4.78 is 41.3. The topological polar surface area (TPSA) is 51.2 Å². The predicted molar refractivity (Wildman–Crippen MR) is 82.0 cm³/mol. The number of amides is 1. The van der Waals surface area contributed by atoms with Crippen molar-refractivity contribution in [2.24, 2.45) is 0 Å². The molecule has 4 nitrogen and oxygen atoms in total. The van der Waals surface area contributed by atoms with Gasteiger partial charge in [-0.25, -0.2) is 4.98 Å². The van der Waals surface area contributed by atoms with Crippen molar-refractivity contribution in [2.75, 3.05) is 11.9 Å². The van der Waals surface area contributed by atoms with Gasteiger partial charge in [-0.1, -0.05) is 12.1 Å². The third-order valence-electron chi connectivity index (χ3n) is 2.72. The summed E-state index contributed by atoms with van der Waals surface area (Å²) >= 11 is 3.24. The number of pyridine rings is 1. The zero-order valence-electron chi connectivity index (χ0n) is 11.7. The fourth-order valence-corrected chi connectivity index (χ4v) is 1.91. The van der Waals surface area contributed by atoms with Gasteiger partial charge in [0.25, 0.3) is 5.91 Å². The number of hydrogen-bond donors (Lipinski definition) is 1. The lowest BCUT2D eigenvalue weighted by Crippen LogP contribution is -2.16. The van der Waals surface area contributed by atoms with Crippen molar-refractivity contribution in [3.63, 3.8) is 0 Å². The number of benzene rings is 1. The number of ether oxygens (including phenoxy) is 1. The molecule has 2 rings (SSSR count). The Hall–Kier alpha value is -1.93. The number of hydrogen-bond acceptors (Lipinski definition) is 3. The van der Waals surface area contributed by atoms with Crippen molar-refractivity contribution in [2.45, 2.75) is 12.8 Å². The first-order valence-corrected chi connectivity index (χ1v) is 7.29. The van der Waals surface area contributed by atoms with Crippen LogP contribution in [0.1, 0.15) is 15.9 Å². The third kappa shape index (κ3) is 5.99. The van der Waals surface area contributed by atoms with E-state index in [1.54, 1.807) is 30.5 Å². The van der Waals surface area contributed by atoms with E-state index in [1.165, 1.54) is 12.1 Å². The molecular weight excluding hydrogens is 377 g/mol. The van der Waals surface area contributed by atoms with Gasteiger partial charge in [0.2, 0.25) is 0 Å². The molecule has 8 heteroatoms. The first-order chi connectivity index (χ1) is 10.8. The van der Waals surface area contributed by atoms with Crippen molar-refractivity contribution in [3.8, 4) is 0 Å². The van der Waals surface area contributed by atoms with Gasteiger partial charge in [-0.2, -0.15) is 13.2 Å². The minimum absolute atomic E-state index is 0.171. The summed E-state index contributed by atoms with van der Waals surface area (Å²) in [5, 5.41) is 2.62. The summed E-state index contributed by atoms with van der Waals surface area (Å²) in [4.78, 5) is 16.0. The number of nitrogens with one attached hydrogen (secondary N) is 1. The van der Waals surface area contributed by atoms with E-state index in [-0.39, 0.29) is 12.5 Å². The number of carbonyl (C=O) groups excluding carboxylic acids is 1. The zero-order valence-corrected chi connectivity index (χ0v) is 13.3. The van der Waals surface area contributed by atoms with E-state index in [1.807, 2.05) is 0 Å². The van der Waals surface area contributed by atoms with Crippen LogP contribution in [0.15, 0.2) is 47.1 Å². The molecule has 0 aliphatic heterocycles. The van der Waals surface area contributed by atoms with Gasteiger partial charge >= 0.3 is 6.18 Å². The van der Waals surface area contributed by atoms with E-state index in [9.17, 15) is 18.0 Å². The summed E-state index contributed by atoms with van der Waals surface area (Å²) in [6.07, 6.45) is -2.80. The number of aromatic nitrogens is 1. The lowest BCUT2D eigenvalue weighted by molar-refractivity contribution is -0.176. The molecule has 1 amide bonds. The number of alkyl halides is 3. The van der Waals surface area contributed by atoms with Crippen LogP contribution in [0.3, 0.4) is 0 Å². The number of rotatable bonds is 5. The van der Waals surface area contributed by atoms with E-state index in [2.05, 4.69) is 31.0 Å². The van der Waals surface area contributed by atoms with Crippen molar-refractivity contribution in [1.29, 1.82) is 0 Å². The molecule has 0 radical (unpaired) electrons. The van der Waals surface area contributed by atoms with E-state index < -0.39 is 12.8 Å². The van der Waals surface area contributed by atoms with Gasteiger partial charge < -0.3 is 10.1 Å². The Kier molecular flexibility index (Phi) is 5.73. The smallest absolute Gasteiger partial charge is 0.367 e. The quantitative estimate of drug-likeness (QED) is 0.835. The number of anilines is 1. The summed E-state index contributed by atoms with van der Waals surface area (Å²) in [6, 6.07) is 9.49. The zero-order chi connectivity index (χ0) is 16.9. The molecule has 23 heavy (non-hydrogen) atoms. The summed E-state index contributed by atoms with van der Waals surface area (Å²) in [5.74, 6) is 0.0402. The SMILES string of the molecule is O=C(Nc1ccc(Br)cn1)c1ccc(COCC(F)(F)F)cc1. The second kappa shape index (κ2) is 7.56. The van der Waals surface area contributed by atoms with Crippen LogP contribution in [-0.4, -0.2) is 23.7 Å². The normalized spacial score (nSPS) is 11.3. The molecule has 1 aromatic heterocycles. The Bertz CT molecular complexity index is 658. The molecule has 0 bridgehead atoms. The first-order valence-electron chi connectivity index (χ1n) is 6.50. The minimum atomic E-state index is -4.35. The Balaban J connectivity index is 1.91. The summed E-state index contributed by atoms with van der Waals surface area (Å²) in [5.41, 5.74) is 0.918. The molecular formula is C15H12BrF3N2O2. The van der Waals surface area contributed by atoms with E-state index in [4.69, 9.17) is 0 Å². The van der Waals surface area contributed by atoms with Crippen LogP contribution in [0.5, 0.6) is 0 Å². The fourth-order valence-electron chi connectivity index (χ4n) is 1.68. The van der Waals surface area contributed by atoms with Crippen LogP contribution in [0.2, 0.25) is 0 Å². The molecule has 0 aliphatic carbocycles. The van der Waals surface area contributed by atoms with Gasteiger partial charge in [0, 0.05) is 16.2 Å². The van der Waals surface area contributed by atoms with Crippen LogP contribution >= 0.6 is 15.9 Å². The lowest BCUT2D eigenvalue weighted by atomic mass is 10.1. The molecule has 0 aliphatic rings. The van der Waals surface area contributed by atoms with E-state index >= 15 is 0 Å². The molecule has 1 N–H and O–H groups in total. The van der Waals surface area contributed by atoms with Crippen LogP contribution in [0.4, 0.5) is 19.0 Å². The lowest BCUT2D eigenvalue weighted by Gasteiger charge is -2.08. The van der Waals surface area contributed by atoms with Gasteiger partial charge in [0.05, 0.1) is 6.61 Å². The van der Waals surface area contributed by atoms with E-state index in [0.29, 0.717) is 16.9 Å². The Morgan fingerprint density at radius 2 is 1.87 bits per heavy atom. The monoisotopic (exact) mass is 388 g/mol. The van der Waals surface area contributed by atoms with Crippen molar-refractivity contribution >= 4 is 27.7 Å². The molecule has 0 saturated heterocycles. The second-order valence-electron chi connectivity index (χ2n) is 4.62. The van der Waals surface area contributed by atoms with Gasteiger partial charge in [-0.05, 0) is 45.8 Å². The van der Waals surface area contributed by atoms with E-state index in [0.717, 1.165) is 4.47 Å². The van der Waals surface area contributed by atoms with Crippen molar-refractivity contribution in [3.05, 3.63) is 58.2 Å². The van der Waals surface area contributed by atoms with Crippen LogP contribution in [-0.2, 0) is 11.3 Å². The first kappa shape index (κ1) is 17.4. The molecule has 0 atom stereocenters. The molecule has 122 valence electrons. The largest absolute Gasteiger partial charge is 0.411 e. The maximum absolute atomic E-state index is 12.0. The average molecular weight is 389 g/mol. The Morgan fingerprint density at radius 1 is 1.17 bits per heavy atom. The molecule has 2 aromatic rings. The maximum atomic E-state index is 12.0. The van der Waals surface area contributed by atoms with Crippen molar-refractivity contribution in [1.82, 2.24) is 4.98 Å². The standard InChI is InChI=1S/C15H12BrF3N2O2/c16-12-5-6-13(20-7-12)21-14(22)11-3-1-10(2-4-11)8-23-9-15(17,18)19/h1-7H,8-9H2,(H,20,21,22). The molecule has 1 aromatic carbocycles. The molecule has 0 fully saturated rings. The highest BCUT2D eigenvalue weighted by molar-refractivity contribution is 9.10. The average Bonchev–Trinajstić information content (AvgIpc) is 2.49. The number of carbonyl (C=O) groups is 1. The number of halogens is 4. The highest BCUT2D eigenvalue weighted by atomic mass is 79.9. The fraction of sp³-hybridized carbons (Fsp3) is 0.200. The van der Waals surface area contributed by atoms with Gasteiger partial charge in [-0.3, -0.25) is 4.79 Å². The predicted octanol–water partition coefficient (Wildman–Crippen LogP) is 4.18. The highest BCUT2D eigenvalue weighted by Crippen LogP contribution is 2.16. The molecule has 0 saturated carbocycles. The van der Waals surface area contributed by atoms with Gasteiger partial charge in [0.1, 0.15) is 12.4 Å². The summed E-state index contributed by atoms with van der Waals surface area (Å²) in [6.45, 7) is -1.47. The third-order valence-corrected chi connectivity index (χ3v) is 3.19. The van der Waals surface area contributed by atoms with Gasteiger partial charge in [0.15, 0.2) is 0 Å². The van der Waals surface area contributed by atoms with Crippen LogP contribution in [0, 0.1) is 0 Å². The minimum Gasteiger partial charge on any atom is -0.367 e. The molecule has 1 heterocycles. The molecule has 0 unspecified atom stereocenters. The summed E-state index contributed by atoms with van der Waals surface area (Å²) in [7, 11) is 0. The Labute approximate surface area is 138 Å². The van der Waals surface area contributed by atoms with Crippen LogP contribution < -0.4 is 5.32 Å². The van der Waals surface area contributed by atoms with Gasteiger partial charge in [-0.15, -0.1) is 0 Å². The van der Waals surface area contributed by atoms with Crippen molar-refractivity contribution < 1.29 is 22.7 Å². The molecule has 0 spiro atoms. The number of nitrogens with zero attached hydrogens (tertiary/aromatic N) is 1. The Morgan fingerprint density at radius 3 is 2.43 bits per heavy atom. The second-order valence-corrected chi connectivity index (χ2v) is 5.54. The highest BCUT2D eigenvalue weighted by Gasteiger charge is 2.27. The maximum Gasteiger partial charge on any atom is 0.411 e.